The van der Waals surface area contributed by atoms with E-state index in [1.807, 2.05) is 31.2 Å². The lowest BCUT2D eigenvalue weighted by molar-refractivity contribution is 0.0526. The Balaban J connectivity index is 1.73. The molecule has 1 fully saturated rings. The van der Waals surface area contributed by atoms with Crippen LogP contribution in [0.5, 0.6) is 5.75 Å². The molecule has 0 spiro atoms. The van der Waals surface area contributed by atoms with Crippen molar-refractivity contribution in [1.82, 2.24) is 5.32 Å². The summed E-state index contributed by atoms with van der Waals surface area (Å²) in [5.41, 5.74) is 3.39. The summed E-state index contributed by atoms with van der Waals surface area (Å²) in [7, 11) is 1.67. The Hall–Kier alpha value is -2.60. The summed E-state index contributed by atoms with van der Waals surface area (Å²) < 4.78 is 10.4. The third-order valence-corrected chi connectivity index (χ3v) is 5.64. The summed E-state index contributed by atoms with van der Waals surface area (Å²) in [6, 6.07) is 13.6. The molecule has 2 aromatic rings. The molecule has 5 nitrogen and oxygen atoms in total. The van der Waals surface area contributed by atoms with Crippen molar-refractivity contribution in [3.63, 3.8) is 0 Å². The first kappa shape index (κ1) is 21.1. The minimum Gasteiger partial charge on any atom is -0.497 e. The molecule has 0 bridgehead atoms. The minimum atomic E-state index is -0.313. The van der Waals surface area contributed by atoms with Gasteiger partial charge in [0.25, 0.3) is 0 Å². The van der Waals surface area contributed by atoms with Crippen molar-refractivity contribution in [1.29, 1.82) is 0 Å². The van der Waals surface area contributed by atoms with E-state index in [2.05, 4.69) is 22.8 Å². The number of carbonyl (C=O) groups excluding carboxylic acids is 1. The number of methoxy groups -OCH3 is 1. The molecule has 1 aliphatic rings. The molecule has 0 aliphatic heterocycles. The van der Waals surface area contributed by atoms with E-state index < -0.39 is 0 Å². The summed E-state index contributed by atoms with van der Waals surface area (Å²) in [6.07, 6.45) is 4.38. The molecule has 3 rings (SSSR count). The Morgan fingerprint density at radius 2 is 1.83 bits per heavy atom. The van der Waals surface area contributed by atoms with Crippen LogP contribution in [0.4, 0.5) is 5.69 Å². The van der Waals surface area contributed by atoms with Gasteiger partial charge in [-0.15, -0.1) is 0 Å². The van der Waals surface area contributed by atoms with Gasteiger partial charge < -0.3 is 20.1 Å². The van der Waals surface area contributed by atoms with Crippen molar-refractivity contribution in [3.8, 4) is 5.75 Å². The summed E-state index contributed by atoms with van der Waals surface area (Å²) in [6.45, 7) is 4.11. The summed E-state index contributed by atoms with van der Waals surface area (Å²) >= 11 is 5.64. The topological polar surface area (TPSA) is 59.6 Å². The van der Waals surface area contributed by atoms with Gasteiger partial charge in [0.15, 0.2) is 5.11 Å². The molecule has 2 aromatic carbocycles. The molecule has 6 heteroatoms. The van der Waals surface area contributed by atoms with Crippen LogP contribution in [-0.2, 0) is 10.3 Å². The zero-order chi connectivity index (χ0) is 20.9. The highest BCUT2D eigenvalue weighted by Gasteiger charge is 2.36. The first-order chi connectivity index (χ1) is 14.0. The molecular formula is C23H28N2O3S. The normalized spacial score (nSPS) is 14.9. The Morgan fingerprint density at radius 1 is 1.14 bits per heavy atom. The lowest BCUT2D eigenvalue weighted by atomic mass is 9.88. The van der Waals surface area contributed by atoms with Gasteiger partial charge in [0.2, 0.25) is 0 Å². The fraction of sp³-hybridized carbons (Fsp3) is 0.391. The van der Waals surface area contributed by atoms with Crippen molar-refractivity contribution in [2.45, 2.75) is 45.1 Å². The SMILES string of the molecule is CCOC(=O)c1ccc(NC(=S)NC2(c3ccc(OC)cc3)CCCC2)c(C)c1. The monoisotopic (exact) mass is 412 g/mol. The summed E-state index contributed by atoms with van der Waals surface area (Å²) in [5, 5.41) is 7.44. The van der Waals surface area contributed by atoms with Crippen LogP contribution in [0.15, 0.2) is 42.5 Å². The highest BCUT2D eigenvalue weighted by molar-refractivity contribution is 7.80. The molecule has 1 aliphatic carbocycles. The van der Waals surface area contributed by atoms with Crippen molar-refractivity contribution < 1.29 is 14.3 Å². The van der Waals surface area contributed by atoms with Crippen LogP contribution < -0.4 is 15.4 Å². The van der Waals surface area contributed by atoms with Gasteiger partial charge >= 0.3 is 5.97 Å². The maximum atomic E-state index is 11.9. The van der Waals surface area contributed by atoms with Crippen molar-refractivity contribution in [2.24, 2.45) is 0 Å². The van der Waals surface area contributed by atoms with Gasteiger partial charge in [0, 0.05) is 5.69 Å². The van der Waals surface area contributed by atoms with Crippen molar-refractivity contribution in [3.05, 3.63) is 59.2 Å². The Morgan fingerprint density at radius 3 is 2.41 bits per heavy atom. The molecule has 0 radical (unpaired) electrons. The van der Waals surface area contributed by atoms with Crippen molar-refractivity contribution in [2.75, 3.05) is 19.0 Å². The fourth-order valence-corrected chi connectivity index (χ4v) is 4.20. The van der Waals surface area contributed by atoms with E-state index in [-0.39, 0.29) is 11.5 Å². The molecule has 154 valence electrons. The quantitative estimate of drug-likeness (QED) is 0.518. The van der Waals surface area contributed by atoms with E-state index >= 15 is 0 Å². The average Bonchev–Trinajstić information content (AvgIpc) is 3.19. The highest BCUT2D eigenvalue weighted by atomic mass is 32.1. The summed E-state index contributed by atoms with van der Waals surface area (Å²) in [5.74, 6) is 0.534. The van der Waals surface area contributed by atoms with Crippen LogP contribution in [0, 0.1) is 6.92 Å². The lowest BCUT2D eigenvalue weighted by Crippen LogP contribution is -2.45. The van der Waals surface area contributed by atoms with Gasteiger partial charge in [-0.05, 0) is 80.4 Å². The molecule has 0 aromatic heterocycles. The van der Waals surface area contributed by atoms with Gasteiger partial charge in [0.1, 0.15) is 5.75 Å². The molecule has 1 saturated carbocycles. The molecule has 0 heterocycles. The van der Waals surface area contributed by atoms with E-state index in [0.29, 0.717) is 17.3 Å². The highest BCUT2D eigenvalue weighted by Crippen LogP contribution is 2.39. The second kappa shape index (κ2) is 9.27. The van der Waals surface area contributed by atoms with Crippen LogP contribution in [0.2, 0.25) is 0 Å². The number of esters is 1. The van der Waals surface area contributed by atoms with Crippen LogP contribution in [-0.4, -0.2) is 24.8 Å². The van der Waals surface area contributed by atoms with Crippen molar-refractivity contribution >= 4 is 29.0 Å². The number of benzene rings is 2. The van der Waals surface area contributed by atoms with E-state index in [9.17, 15) is 4.79 Å². The Bertz CT molecular complexity index is 874. The molecule has 2 N–H and O–H groups in total. The largest absolute Gasteiger partial charge is 0.497 e. The maximum Gasteiger partial charge on any atom is 0.338 e. The number of nitrogens with one attached hydrogen (secondary N) is 2. The average molecular weight is 413 g/mol. The second-order valence-electron chi connectivity index (χ2n) is 7.35. The minimum absolute atomic E-state index is 0.171. The van der Waals surface area contributed by atoms with Crippen LogP contribution in [0.25, 0.3) is 0 Å². The lowest BCUT2D eigenvalue weighted by Gasteiger charge is -2.33. The molecule has 0 saturated heterocycles. The standard InChI is InChI=1S/C23H28N2O3S/c1-4-28-21(26)17-7-12-20(16(2)15-17)24-22(29)25-23(13-5-6-14-23)18-8-10-19(27-3)11-9-18/h7-12,15H,4-6,13-14H2,1-3H3,(H2,24,25,29). The number of carbonyl (C=O) groups is 1. The van der Waals surface area contributed by atoms with Gasteiger partial charge in [-0.2, -0.15) is 0 Å². The van der Waals surface area contributed by atoms with Gasteiger partial charge in [-0.3, -0.25) is 0 Å². The Labute approximate surface area is 177 Å². The molecule has 0 amide bonds. The second-order valence-corrected chi connectivity index (χ2v) is 7.76. The number of rotatable bonds is 6. The van der Waals surface area contributed by atoms with Gasteiger partial charge in [-0.25, -0.2) is 4.79 Å². The third kappa shape index (κ3) is 4.88. The molecule has 29 heavy (non-hydrogen) atoms. The van der Waals surface area contributed by atoms with E-state index in [1.54, 1.807) is 20.1 Å². The van der Waals surface area contributed by atoms with Gasteiger partial charge in [0.05, 0.1) is 24.8 Å². The van der Waals surface area contributed by atoms with Crippen LogP contribution in [0.3, 0.4) is 0 Å². The zero-order valence-electron chi connectivity index (χ0n) is 17.2. The summed E-state index contributed by atoms with van der Waals surface area (Å²) in [4.78, 5) is 11.9. The number of ether oxygens (including phenoxy) is 2. The number of hydrogen-bond acceptors (Lipinski definition) is 4. The molecule has 0 atom stereocenters. The number of hydrogen-bond donors (Lipinski definition) is 2. The predicted molar refractivity (Wildman–Crippen MR) is 120 cm³/mol. The molecular weight excluding hydrogens is 384 g/mol. The van der Waals surface area contributed by atoms with Crippen LogP contribution >= 0.6 is 12.2 Å². The van der Waals surface area contributed by atoms with Gasteiger partial charge in [-0.1, -0.05) is 25.0 Å². The Kier molecular flexibility index (Phi) is 6.75. The number of anilines is 1. The van der Waals surface area contributed by atoms with E-state index in [1.165, 1.54) is 5.56 Å². The van der Waals surface area contributed by atoms with Crippen LogP contribution in [0.1, 0.15) is 54.1 Å². The number of thiocarbonyl (C=S) groups is 1. The zero-order valence-corrected chi connectivity index (χ0v) is 18.0. The predicted octanol–water partition coefficient (Wildman–Crippen LogP) is 4.94. The molecule has 0 unspecified atom stereocenters. The fourth-order valence-electron chi connectivity index (χ4n) is 3.89. The first-order valence-electron chi connectivity index (χ1n) is 9.99. The van der Waals surface area contributed by atoms with E-state index in [4.69, 9.17) is 21.7 Å². The third-order valence-electron chi connectivity index (χ3n) is 5.44. The first-order valence-corrected chi connectivity index (χ1v) is 10.4. The smallest absolute Gasteiger partial charge is 0.338 e. The maximum absolute atomic E-state index is 11.9. The number of aryl methyl sites for hydroxylation is 1. The van der Waals surface area contributed by atoms with E-state index in [0.717, 1.165) is 42.7 Å².